The number of para-hydroxylation sites is 1. The summed E-state index contributed by atoms with van der Waals surface area (Å²) in [7, 11) is 0. The topological polar surface area (TPSA) is 84.7 Å². The largest absolute Gasteiger partial charge is 0.457 e. The molecule has 1 saturated heterocycles. The summed E-state index contributed by atoms with van der Waals surface area (Å²) in [6.07, 6.45) is 2.59. The van der Waals surface area contributed by atoms with Crippen molar-refractivity contribution in [3.8, 4) is 11.5 Å². The van der Waals surface area contributed by atoms with E-state index in [1.54, 1.807) is 17.0 Å². The third-order valence-electron chi connectivity index (χ3n) is 6.12. The van der Waals surface area contributed by atoms with Crippen LogP contribution in [0.4, 0.5) is 0 Å². The van der Waals surface area contributed by atoms with Crippen molar-refractivity contribution in [3.63, 3.8) is 0 Å². The molecule has 1 heterocycles. The Kier molecular flexibility index (Phi) is 8.40. The maximum atomic E-state index is 13.5. The Labute approximate surface area is 211 Å². The molecule has 182 valence electrons. The van der Waals surface area contributed by atoms with E-state index in [1.165, 1.54) is 0 Å². The minimum atomic E-state index is -0.616. The van der Waals surface area contributed by atoms with Gasteiger partial charge in [0.2, 0.25) is 11.8 Å². The Bertz CT molecular complexity index is 1120. The summed E-state index contributed by atoms with van der Waals surface area (Å²) in [5.41, 5.74) is 7.52. The third kappa shape index (κ3) is 6.62. The zero-order valence-electron chi connectivity index (χ0n) is 19.5. The number of ether oxygens (including phenoxy) is 1. The molecule has 0 bridgehead atoms. The molecule has 0 spiro atoms. The molecule has 35 heavy (non-hydrogen) atoms. The molecule has 0 saturated carbocycles. The SMILES string of the molecule is NCCCC[C@H]1C(=O)N[C@@H](Cc2ccc(Cl)cc2)C(=O)N1Cc1ccc(Oc2ccccc2)cc1. The van der Waals surface area contributed by atoms with E-state index >= 15 is 0 Å². The molecule has 2 atom stereocenters. The van der Waals surface area contributed by atoms with E-state index < -0.39 is 12.1 Å². The summed E-state index contributed by atoms with van der Waals surface area (Å²) in [5, 5.41) is 3.58. The predicted octanol–water partition coefficient (Wildman–Crippen LogP) is 4.70. The van der Waals surface area contributed by atoms with Crippen molar-refractivity contribution in [2.75, 3.05) is 6.54 Å². The van der Waals surface area contributed by atoms with E-state index in [4.69, 9.17) is 22.1 Å². The first kappa shape index (κ1) is 24.8. The van der Waals surface area contributed by atoms with Gasteiger partial charge in [-0.15, -0.1) is 0 Å². The van der Waals surface area contributed by atoms with Crippen LogP contribution in [-0.2, 0) is 22.6 Å². The molecule has 0 unspecified atom stereocenters. The predicted molar refractivity (Wildman–Crippen MR) is 137 cm³/mol. The maximum Gasteiger partial charge on any atom is 0.246 e. The summed E-state index contributed by atoms with van der Waals surface area (Å²) in [6, 6.07) is 23.4. The number of unbranched alkanes of at least 4 members (excludes halogenated alkanes) is 1. The van der Waals surface area contributed by atoms with Gasteiger partial charge in [-0.1, -0.05) is 54.1 Å². The van der Waals surface area contributed by atoms with Gasteiger partial charge >= 0.3 is 0 Å². The molecular formula is C28H30ClN3O3. The molecule has 2 amide bonds. The van der Waals surface area contributed by atoms with Crippen LogP contribution < -0.4 is 15.8 Å². The minimum Gasteiger partial charge on any atom is -0.457 e. The van der Waals surface area contributed by atoms with Gasteiger partial charge in [-0.05, 0) is 73.3 Å². The quantitative estimate of drug-likeness (QED) is 0.402. The first-order chi connectivity index (χ1) is 17.0. The molecule has 1 aliphatic rings. The molecule has 0 aliphatic carbocycles. The summed E-state index contributed by atoms with van der Waals surface area (Å²) in [5.74, 6) is 1.27. The molecule has 3 N–H and O–H groups in total. The van der Waals surface area contributed by atoms with Gasteiger partial charge < -0.3 is 20.7 Å². The van der Waals surface area contributed by atoms with Crippen LogP contribution in [0.3, 0.4) is 0 Å². The highest BCUT2D eigenvalue weighted by Crippen LogP contribution is 2.24. The van der Waals surface area contributed by atoms with Crippen LogP contribution in [0.1, 0.15) is 30.4 Å². The second kappa shape index (κ2) is 11.9. The van der Waals surface area contributed by atoms with Gasteiger partial charge in [-0.25, -0.2) is 0 Å². The summed E-state index contributed by atoms with van der Waals surface area (Å²) in [4.78, 5) is 28.3. The summed E-state index contributed by atoms with van der Waals surface area (Å²) in [6.45, 7) is 0.909. The Morgan fingerprint density at radius 1 is 0.857 bits per heavy atom. The number of hydrogen-bond acceptors (Lipinski definition) is 4. The zero-order valence-corrected chi connectivity index (χ0v) is 20.3. The Hall–Kier alpha value is -3.35. The van der Waals surface area contributed by atoms with E-state index in [0.29, 0.717) is 36.7 Å². The average Bonchev–Trinajstić information content (AvgIpc) is 2.87. The van der Waals surface area contributed by atoms with Crippen LogP contribution in [0, 0.1) is 0 Å². The van der Waals surface area contributed by atoms with E-state index in [2.05, 4.69) is 5.32 Å². The molecule has 4 rings (SSSR count). The fraction of sp³-hybridized carbons (Fsp3) is 0.286. The molecule has 1 fully saturated rings. The molecule has 7 heteroatoms. The molecule has 0 aromatic heterocycles. The number of nitrogens with one attached hydrogen (secondary N) is 1. The van der Waals surface area contributed by atoms with Crippen molar-refractivity contribution in [2.24, 2.45) is 5.73 Å². The van der Waals surface area contributed by atoms with Gasteiger partial charge in [0.1, 0.15) is 23.6 Å². The van der Waals surface area contributed by atoms with Crippen LogP contribution in [0.2, 0.25) is 5.02 Å². The monoisotopic (exact) mass is 491 g/mol. The number of carbonyl (C=O) groups is 2. The molecule has 3 aromatic rings. The smallest absolute Gasteiger partial charge is 0.246 e. The van der Waals surface area contributed by atoms with Crippen molar-refractivity contribution in [1.82, 2.24) is 10.2 Å². The van der Waals surface area contributed by atoms with Gasteiger partial charge in [0.25, 0.3) is 0 Å². The average molecular weight is 492 g/mol. The minimum absolute atomic E-state index is 0.0816. The van der Waals surface area contributed by atoms with Crippen LogP contribution in [0.5, 0.6) is 11.5 Å². The van der Waals surface area contributed by atoms with E-state index in [-0.39, 0.29) is 11.8 Å². The zero-order chi connectivity index (χ0) is 24.6. The van der Waals surface area contributed by atoms with Crippen LogP contribution in [-0.4, -0.2) is 35.3 Å². The fourth-order valence-corrected chi connectivity index (χ4v) is 4.39. The van der Waals surface area contributed by atoms with Gasteiger partial charge in [-0.2, -0.15) is 0 Å². The number of hydrogen-bond donors (Lipinski definition) is 2. The Balaban J connectivity index is 1.49. The lowest BCUT2D eigenvalue weighted by molar-refractivity contribution is -0.150. The normalized spacial score (nSPS) is 17.8. The number of rotatable bonds is 10. The number of benzene rings is 3. The lowest BCUT2D eigenvalue weighted by Crippen LogP contribution is -2.63. The Morgan fingerprint density at radius 2 is 1.51 bits per heavy atom. The molecular weight excluding hydrogens is 462 g/mol. The third-order valence-corrected chi connectivity index (χ3v) is 6.37. The molecule has 3 aromatic carbocycles. The highest BCUT2D eigenvalue weighted by molar-refractivity contribution is 6.30. The second-order valence-corrected chi connectivity index (χ2v) is 9.15. The van der Waals surface area contributed by atoms with E-state index in [1.807, 2.05) is 66.7 Å². The lowest BCUT2D eigenvalue weighted by atomic mass is 9.97. The van der Waals surface area contributed by atoms with Crippen molar-refractivity contribution < 1.29 is 14.3 Å². The number of amides is 2. The van der Waals surface area contributed by atoms with E-state index in [0.717, 1.165) is 29.7 Å². The second-order valence-electron chi connectivity index (χ2n) is 8.72. The van der Waals surface area contributed by atoms with Gasteiger partial charge in [0, 0.05) is 18.0 Å². The van der Waals surface area contributed by atoms with Crippen LogP contribution >= 0.6 is 11.6 Å². The van der Waals surface area contributed by atoms with Gasteiger partial charge in [-0.3, -0.25) is 9.59 Å². The highest BCUT2D eigenvalue weighted by Gasteiger charge is 2.40. The van der Waals surface area contributed by atoms with Gasteiger partial charge in [0.15, 0.2) is 0 Å². The number of halogens is 1. The summed E-state index contributed by atoms with van der Waals surface area (Å²) < 4.78 is 5.87. The number of nitrogens with zero attached hydrogens (tertiary/aromatic N) is 1. The number of carbonyl (C=O) groups excluding carboxylic acids is 2. The van der Waals surface area contributed by atoms with E-state index in [9.17, 15) is 9.59 Å². The van der Waals surface area contributed by atoms with Crippen molar-refractivity contribution >= 4 is 23.4 Å². The van der Waals surface area contributed by atoms with Crippen molar-refractivity contribution in [3.05, 3.63) is 95.0 Å². The number of nitrogens with two attached hydrogens (primary N) is 1. The molecule has 1 aliphatic heterocycles. The molecule has 6 nitrogen and oxygen atoms in total. The van der Waals surface area contributed by atoms with Crippen LogP contribution in [0.25, 0.3) is 0 Å². The Morgan fingerprint density at radius 3 is 2.20 bits per heavy atom. The van der Waals surface area contributed by atoms with Crippen molar-refractivity contribution in [1.29, 1.82) is 0 Å². The fourth-order valence-electron chi connectivity index (χ4n) is 4.26. The lowest BCUT2D eigenvalue weighted by Gasteiger charge is -2.39. The first-order valence-corrected chi connectivity index (χ1v) is 12.3. The highest BCUT2D eigenvalue weighted by atomic mass is 35.5. The maximum absolute atomic E-state index is 13.5. The van der Waals surface area contributed by atoms with Gasteiger partial charge in [0.05, 0.1) is 0 Å². The van der Waals surface area contributed by atoms with Crippen molar-refractivity contribution in [2.45, 2.75) is 44.3 Å². The number of piperazine rings is 1. The summed E-state index contributed by atoms with van der Waals surface area (Å²) >= 11 is 5.99. The van der Waals surface area contributed by atoms with Crippen LogP contribution in [0.15, 0.2) is 78.9 Å². The molecule has 0 radical (unpaired) electrons. The first-order valence-electron chi connectivity index (χ1n) is 11.9. The standard InChI is InChI=1S/C28H30ClN3O3/c29-22-13-9-20(10-14-22)18-25-28(34)32(26(27(33)31-25)8-4-5-17-30)19-21-11-15-24(16-12-21)35-23-6-2-1-3-7-23/h1-3,6-7,9-16,25-26H,4-5,8,17-19,30H2,(H,31,33)/t25-,26-/m0/s1.